The molecule has 5 nitrogen and oxygen atoms in total. The van der Waals surface area contributed by atoms with Crippen LogP contribution in [0.3, 0.4) is 0 Å². The van der Waals surface area contributed by atoms with Crippen LogP contribution in [0.15, 0.2) is 42.7 Å². The number of fused-ring (bicyclic) bond motifs is 1. The highest BCUT2D eigenvalue weighted by Gasteiger charge is 2.25. The van der Waals surface area contributed by atoms with Crippen molar-refractivity contribution < 1.29 is 4.74 Å². The maximum absolute atomic E-state index is 5.43. The van der Waals surface area contributed by atoms with E-state index in [9.17, 15) is 0 Å². The zero-order valence-corrected chi connectivity index (χ0v) is 16.2. The van der Waals surface area contributed by atoms with Gasteiger partial charge >= 0.3 is 0 Å². The zero-order chi connectivity index (χ0) is 18.8. The summed E-state index contributed by atoms with van der Waals surface area (Å²) in [5, 5.41) is 8.38. The molecule has 1 unspecified atom stereocenters. The molecular formula is C22H26N4O. The van der Waals surface area contributed by atoms with Gasteiger partial charge in [-0.2, -0.15) is 5.10 Å². The van der Waals surface area contributed by atoms with Gasteiger partial charge in [0.25, 0.3) is 0 Å². The Morgan fingerprint density at radius 1 is 1.22 bits per heavy atom. The maximum Gasteiger partial charge on any atom is 0.153 e. The van der Waals surface area contributed by atoms with Crippen LogP contribution in [0.4, 0.5) is 0 Å². The van der Waals surface area contributed by atoms with Gasteiger partial charge in [0.1, 0.15) is 5.75 Å². The molecule has 1 aliphatic carbocycles. The topological polar surface area (TPSA) is 52.0 Å². The predicted octanol–water partition coefficient (Wildman–Crippen LogP) is 4.06. The molecule has 2 heterocycles. The van der Waals surface area contributed by atoms with Crippen molar-refractivity contribution in [3.8, 4) is 11.6 Å². The Hall–Kier alpha value is -2.66. The Labute approximate surface area is 160 Å². The molecule has 5 heteroatoms. The lowest BCUT2D eigenvalue weighted by molar-refractivity contribution is 0.410. The van der Waals surface area contributed by atoms with Crippen molar-refractivity contribution in [1.82, 2.24) is 20.1 Å². The number of benzene rings is 1. The van der Waals surface area contributed by atoms with Crippen LogP contribution in [0.2, 0.25) is 0 Å². The minimum Gasteiger partial charge on any atom is -0.496 e. The number of nitrogens with one attached hydrogen (secondary N) is 1. The minimum absolute atomic E-state index is 0.327. The van der Waals surface area contributed by atoms with Crippen LogP contribution in [-0.2, 0) is 13.0 Å². The van der Waals surface area contributed by atoms with Gasteiger partial charge in [0.05, 0.1) is 19.0 Å². The number of pyridine rings is 1. The number of hydrogen-bond donors (Lipinski definition) is 1. The normalized spacial score (nSPS) is 16.2. The summed E-state index contributed by atoms with van der Waals surface area (Å²) in [5.41, 5.74) is 6.32. The van der Waals surface area contributed by atoms with Crippen molar-refractivity contribution >= 4 is 0 Å². The van der Waals surface area contributed by atoms with E-state index in [1.165, 1.54) is 27.9 Å². The van der Waals surface area contributed by atoms with Crippen molar-refractivity contribution in [1.29, 1.82) is 0 Å². The molecule has 0 saturated carbocycles. The fourth-order valence-corrected chi connectivity index (χ4v) is 3.94. The van der Waals surface area contributed by atoms with Gasteiger partial charge in [-0.1, -0.05) is 12.1 Å². The van der Waals surface area contributed by atoms with E-state index in [-0.39, 0.29) is 0 Å². The van der Waals surface area contributed by atoms with E-state index in [1.54, 1.807) is 7.11 Å². The van der Waals surface area contributed by atoms with Crippen molar-refractivity contribution in [2.24, 2.45) is 0 Å². The Morgan fingerprint density at radius 2 is 2.11 bits per heavy atom. The molecule has 1 N–H and O–H groups in total. The fraction of sp³-hybridized carbons (Fsp3) is 0.364. The molecule has 0 amide bonds. The highest BCUT2D eigenvalue weighted by molar-refractivity contribution is 5.41. The fourth-order valence-electron chi connectivity index (χ4n) is 3.94. The first-order valence-corrected chi connectivity index (χ1v) is 9.53. The third kappa shape index (κ3) is 3.47. The summed E-state index contributed by atoms with van der Waals surface area (Å²) in [4.78, 5) is 4.45. The number of hydrogen-bond acceptors (Lipinski definition) is 4. The summed E-state index contributed by atoms with van der Waals surface area (Å²) < 4.78 is 7.42. The van der Waals surface area contributed by atoms with Gasteiger partial charge in [-0.15, -0.1) is 0 Å². The van der Waals surface area contributed by atoms with E-state index >= 15 is 0 Å². The average molecular weight is 362 g/mol. The second-order valence-electron chi connectivity index (χ2n) is 7.22. The van der Waals surface area contributed by atoms with E-state index in [2.05, 4.69) is 41.4 Å². The molecule has 0 spiro atoms. The summed E-state index contributed by atoms with van der Waals surface area (Å²) in [6, 6.07) is 10.6. The lowest BCUT2D eigenvalue weighted by atomic mass is 9.92. The van der Waals surface area contributed by atoms with Crippen molar-refractivity contribution in [3.05, 3.63) is 70.7 Å². The van der Waals surface area contributed by atoms with E-state index < -0.39 is 0 Å². The number of rotatable bonds is 5. The average Bonchev–Trinajstić information content (AvgIpc) is 3.13. The molecule has 0 bridgehead atoms. The third-order valence-electron chi connectivity index (χ3n) is 5.44. The number of methoxy groups -OCH3 is 1. The number of nitrogens with zero attached hydrogens (tertiary/aromatic N) is 3. The molecule has 1 atom stereocenters. The van der Waals surface area contributed by atoms with Gasteiger partial charge in [0.2, 0.25) is 0 Å². The molecule has 0 fully saturated rings. The van der Waals surface area contributed by atoms with Crippen LogP contribution >= 0.6 is 0 Å². The Morgan fingerprint density at radius 3 is 2.89 bits per heavy atom. The van der Waals surface area contributed by atoms with E-state index in [0.29, 0.717) is 6.04 Å². The summed E-state index contributed by atoms with van der Waals surface area (Å²) in [6.45, 7) is 5.08. The molecule has 1 aromatic carbocycles. The number of aryl methyl sites for hydroxylation is 2. The summed E-state index contributed by atoms with van der Waals surface area (Å²) >= 11 is 0. The molecule has 3 aromatic rings. The minimum atomic E-state index is 0.327. The first-order valence-electron chi connectivity index (χ1n) is 9.53. The predicted molar refractivity (Wildman–Crippen MR) is 106 cm³/mol. The van der Waals surface area contributed by atoms with E-state index in [0.717, 1.165) is 37.4 Å². The maximum atomic E-state index is 5.43. The number of ether oxygens (including phenoxy) is 1. The molecule has 0 radical (unpaired) electrons. The molecule has 0 saturated heterocycles. The monoisotopic (exact) mass is 362 g/mol. The van der Waals surface area contributed by atoms with Crippen molar-refractivity contribution in [2.45, 2.75) is 45.7 Å². The first kappa shape index (κ1) is 17.7. The van der Waals surface area contributed by atoms with Crippen molar-refractivity contribution in [3.63, 3.8) is 0 Å². The highest BCUT2D eigenvalue weighted by atomic mass is 16.5. The molecule has 1 aliphatic rings. The van der Waals surface area contributed by atoms with E-state index in [1.807, 2.05) is 35.3 Å². The van der Waals surface area contributed by atoms with Crippen molar-refractivity contribution in [2.75, 3.05) is 7.11 Å². The third-order valence-corrected chi connectivity index (χ3v) is 5.44. The van der Waals surface area contributed by atoms with E-state index in [4.69, 9.17) is 4.74 Å². The molecule has 27 heavy (non-hydrogen) atoms. The lowest BCUT2D eigenvalue weighted by Gasteiger charge is -2.25. The largest absolute Gasteiger partial charge is 0.496 e. The summed E-state index contributed by atoms with van der Waals surface area (Å²) in [7, 11) is 1.72. The van der Waals surface area contributed by atoms with Crippen LogP contribution < -0.4 is 10.1 Å². The van der Waals surface area contributed by atoms with Gasteiger partial charge in [-0.3, -0.25) is 0 Å². The van der Waals surface area contributed by atoms with Crippen LogP contribution in [0, 0.1) is 13.8 Å². The number of aromatic nitrogens is 3. The first-order chi connectivity index (χ1) is 13.2. The molecular weight excluding hydrogens is 336 g/mol. The standard InChI is InChI=1S/C22H26N4O/c1-15-12-21(27-3)16(2)11-17(15)13-24-19-7-6-8-20-18(19)14-25-26(20)22-9-4-5-10-23-22/h4-5,9-12,14,19,24H,6-8,13H2,1-3H3. The van der Waals surface area contributed by atoms with Crippen LogP contribution in [0.5, 0.6) is 5.75 Å². The Kier molecular flexibility index (Phi) is 4.94. The zero-order valence-electron chi connectivity index (χ0n) is 16.2. The van der Waals surface area contributed by atoms with Gasteiger partial charge in [-0.05, 0) is 68.0 Å². The molecule has 0 aliphatic heterocycles. The second-order valence-corrected chi connectivity index (χ2v) is 7.22. The molecule has 2 aromatic heterocycles. The van der Waals surface area contributed by atoms with Gasteiger partial charge in [0, 0.05) is 24.3 Å². The second kappa shape index (κ2) is 7.53. The van der Waals surface area contributed by atoms with Crippen LogP contribution in [0.1, 0.15) is 46.8 Å². The Balaban J connectivity index is 1.54. The molecule has 4 rings (SSSR count). The van der Waals surface area contributed by atoms with Crippen LogP contribution in [-0.4, -0.2) is 21.9 Å². The van der Waals surface area contributed by atoms with Gasteiger partial charge < -0.3 is 10.1 Å². The smallest absolute Gasteiger partial charge is 0.153 e. The highest BCUT2D eigenvalue weighted by Crippen LogP contribution is 2.31. The Bertz CT molecular complexity index is 933. The lowest BCUT2D eigenvalue weighted by Crippen LogP contribution is -2.25. The molecule has 140 valence electrons. The SMILES string of the molecule is COc1cc(C)c(CNC2CCCc3c2cnn3-c2ccccn2)cc1C. The summed E-state index contributed by atoms with van der Waals surface area (Å²) in [6.07, 6.45) is 7.16. The quantitative estimate of drug-likeness (QED) is 0.744. The van der Waals surface area contributed by atoms with Gasteiger partial charge in [0.15, 0.2) is 5.82 Å². The van der Waals surface area contributed by atoms with Gasteiger partial charge in [-0.25, -0.2) is 9.67 Å². The van der Waals surface area contributed by atoms with Crippen LogP contribution in [0.25, 0.3) is 5.82 Å². The summed E-state index contributed by atoms with van der Waals surface area (Å²) in [5.74, 6) is 1.84.